The number of hydrogen-bond donors (Lipinski definition) is 1. The van der Waals surface area contributed by atoms with Crippen LogP contribution >= 0.6 is 22.6 Å². The quantitative estimate of drug-likeness (QED) is 0.571. The highest BCUT2D eigenvalue weighted by molar-refractivity contribution is 14.1. The summed E-state index contributed by atoms with van der Waals surface area (Å²) in [6.07, 6.45) is 0. The van der Waals surface area contributed by atoms with E-state index in [0.29, 0.717) is 11.3 Å². The zero-order valence-electron chi connectivity index (χ0n) is 13.9. The van der Waals surface area contributed by atoms with E-state index in [-0.39, 0.29) is 17.9 Å². The van der Waals surface area contributed by atoms with Gasteiger partial charge in [-0.3, -0.25) is 4.79 Å². The minimum Gasteiger partial charge on any atom is -0.452 e. The van der Waals surface area contributed by atoms with E-state index in [4.69, 9.17) is 4.74 Å². The van der Waals surface area contributed by atoms with Gasteiger partial charge in [0, 0.05) is 3.57 Å². The van der Waals surface area contributed by atoms with Crippen LogP contribution in [0.5, 0.6) is 0 Å². The molecule has 0 aromatic heterocycles. The Hall–Kier alpha value is -1.89. The Morgan fingerprint density at radius 3 is 2.25 bits per heavy atom. The van der Waals surface area contributed by atoms with Crippen molar-refractivity contribution in [2.24, 2.45) is 0 Å². The van der Waals surface area contributed by atoms with Crippen LogP contribution in [-0.4, -0.2) is 18.5 Å². The number of hydrogen-bond acceptors (Lipinski definition) is 3. The number of ether oxygens (including phenoxy) is 1. The maximum Gasteiger partial charge on any atom is 0.338 e. The van der Waals surface area contributed by atoms with Gasteiger partial charge in [0.2, 0.25) is 0 Å². The molecular weight excluding hydrogens is 417 g/mol. The molecule has 0 saturated heterocycles. The molecule has 2 rings (SSSR count). The molecule has 0 fully saturated rings. The van der Waals surface area contributed by atoms with E-state index in [0.717, 1.165) is 9.13 Å². The second kappa shape index (κ2) is 7.79. The van der Waals surface area contributed by atoms with Gasteiger partial charge in [-0.25, -0.2) is 4.79 Å². The Labute approximate surface area is 155 Å². The second-order valence-corrected chi connectivity index (χ2v) is 7.59. The van der Waals surface area contributed by atoms with Crippen molar-refractivity contribution in [3.05, 3.63) is 63.2 Å². The van der Waals surface area contributed by atoms with Gasteiger partial charge in [-0.2, -0.15) is 0 Å². The van der Waals surface area contributed by atoms with Gasteiger partial charge in [-0.05, 0) is 57.8 Å². The molecule has 0 atom stereocenters. The second-order valence-electron chi connectivity index (χ2n) is 6.43. The maximum absolute atomic E-state index is 12.0. The minimum absolute atomic E-state index is 0.0230. The van der Waals surface area contributed by atoms with Gasteiger partial charge in [0.1, 0.15) is 0 Å². The number of para-hydroxylation sites is 1. The normalized spacial score (nSPS) is 11.0. The Balaban J connectivity index is 1.91. The molecule has 5 heteroatoms. The molecule has 0 aliphatic carbocycles. The van der Waals surface area contributed by atoms with Crippen molar-refractivity contribution >= 4 is 40.2 Å². The number of carbonyl (C=O) groups excluding carboxylic acids is 2. The average molecular weight is 437 g/mol. The fourth-order valence-corrected chi connectivity index (χ4v) is 2.59. The van der Waals surface area contributed by atoms with Gasteiger partial charge in [0.05, 0.1) is 11.3 Å². The predicted octanol–water partition coefficient (Wildman–Crippen LogP) is 4.38. The van der Waals surface area contributed by atoms with Crippen LogP contribution in [0.3, 0.4) is 0 Å². The monoisotopic (exact) mass is 437 g/mol. The van der Waals surface area contributed by atoms with Crippen molar-refractivity contribution in [3.63, 3.8) is 0 Å². The van der Waals surface area contributed by atoms with Crippen LogP contribution < -0.4 is 5.32 Å². The van der Waals surface area contributed by atoms with Gasteiger partial charge in [-0.15, -0.1) is 0 Å². The number of carbonyl (C=O) groups is 2. The van der Waals surface area contributed by atoms with E-state index in [9.17, 15) is 9.59 Å². The molecule has 0 heterocycles. The van der Waals surface area contributed by atoms with Crippen molar-refractivity contribution in [3.8, 4) is 0 Å². The lowest BCUT2D eigenvalue weighted by Crippen LogP contribution is -2.21. The summed E-state index contributed by atoms with van der Waals surface area (Å²) in [4.78, 5) is 23.9. The molecular formula is C19H20INO3. The SMILES string of the molecule is CC(C)(C)c1ccc(C(=O)OCC(=O)Nc2ccccc2I)cc1. The highest BCUT2D eigenvalue weighted by atomic mass is 127. The van der Waals surface area contributed by atoms with Gasteiger partial charge >= 0.3 is 5.97 Å². The van der Waals surface area contributed by atoms with E-state index in [1.165, 1.54) is 0 Å². The van der Waals surface area contributed by atoms with Crippen molar-refractivity contribution in [2.75, 3.05) is 11.9 Å². The molecule has 0 bridgehead atoms. The first-order valence-electron chi connectivity index (χ1n) is 7.59. The van der Waals surface area contributed by atoms with Crippen LogP contribution in [0.25, 0.3) is 0 Å². The fourth-order valence-electron chi connectivity index (χ4n) is 2.07. The summed E-state index contributed by atoms with van der Waals surface area (Å²) in [7, 11) is 0. The molecule has 126 valence electrons. The fraction of sp³-hybridized carbons (Fsp3) is 0.263. The topological polar surface area (TPSA) is 55.4 Å². The van der Waals surface area contributed by atoms with Crippen LogP contribution in [0.2, 0.25) is 0 Å². The molecule has 0 spiro atoms. The van der Waals surface area contributed by atoms with Crippen LogP contribution in [0.15, 0.2) is 48.5 Å². The molecule has 1 amide bonds. The Bertz CT molecular complexity index is 733. The van der Waals surface area contributed by atoms with Crippen LogP contribution in [-0.2, 0) is 14.9 Å². The number of esters is 1. The standard InChI is InChI=1S/C19H20INO3/c1-19(2,3)14-10-8-13(9-11-14)18(23)24-12-17(22)21-16-7-5-4-6-15(16)20/h4-11H,12H2,1-3H3,(H,21,22). The van der Waals surface area contributed by atoms with E-state index in [1.54, 1.807) is 18.2 Å². The first kappa shape index (κ1) is 18.4. The van der Waals surface area contributed by atoms with Crippen molar-refractivity contribution < 1.29 is 14.3 Å². The summed E-state index contributed by atoms with van der Waals surface area (Å²) < 4.78 is 6.00. The third-order valence-electron chi connectivity index (χ3n) is 3.47. The summed E-state index contributed by atoms with van der Waals surface area (Å²) in [6.45, 7) is 6.01. The lowest BCUT2D eigenvalue weighted by Gasteiger charge is -2.18. The third kappa shape index (κ3) is 5.06. The molecule has 2 aromatic carbocycles. The van der Waals surface area contributed by atoms with E-state index in [1.807, 2.05) is 30.3 Å². The number of nitrogens with one attached hydrogen (secondary N) is 1. The van der Waals surface area contributed by atoms with Gasteiger partial charge in [0.15, 0.2) is 6.61 Å². The van der Waals surface area contributed by atoms with Gasteiger partial charge in [-0.1, -0.05) is 45.0 Å². The van der Waals surface area contributed by atoms with Crippen molar-refractivity contribution in [1.29, 1.82) is 0 Å². The number of benzene rings is 2. The molecule has 0 saturated carbocycles. The van der Waals surface area contributed by atoms with Gasteiger partial charge < -0.3 is 10.1 Å². The van der Waals surface area contributed by atoms with E-state index in [2.05, 4.69) is 48.7 Å². The summed E-state index contributed by atoms with van der Waals surface area (Å²) in [5.41, 5.74) is 2.30. The van der Waals surface area contributed by atoms with Gasteiger partial charge in [0.25, 0.3) is 5.91 Å². The third-order valence-corrected chi connectivity index (χ3v) is 4.41. The first-order chi connectivity index (χ1) is 11.3. The number of halogens is 1. The molecule has 2 aromatic rings. The predicted molar refractivity (Wildman–Crippen MR) is 103 cm³/mol. The molecule has 4 nitrogen and oxygen atoms in total. The zero-order valence-corrected chi connectivity index (χ0v) is 16.1. The molecule has 0 aliphatic heterocycles. The largest absolute Gasteiger partial charge is 0.452 e. The van der Waals surface area contributed by atoms with Crippen LogP contribution in [0, 0.1) is 3.57 Å². The first-order valence-corrected chi connectivity index (χ1v) is 8.67. The minimum atomic E-state index is -0.506. The molecule has 0 radical (unpaired) electrons. The van der Waals surface area contributed by atoms with Crippen molar-refractivity contribution in [2.45, 2.75) is 26.2 Å². The lowest BCUT2D eigenvalue weighted by atomic mass is 9.87. The van der Waals surface area contributed by atoms with Crippen LogP contribution in [0.1, 0.15) is 36.7 Å². The molecule has 24 heavy (non-hydrogen) atoms. The molecule has 1 N–H and O–H groups in total. The summed E-state index contributed by atoms with van der Waals surface area (Å²) >= 11 is 2.13. The Morgan fingerprint density at radius 1 is 1.04 bits per heavy atom. The Morgan fingerprint density at radius 2 is 1.67 bits per heavy atom. The van der Waals surface area contributed by atoms with E-state index >= 15 is 0 Å². The number of rotatable bonds is 4. The van der Waals surface area contributed by atoms with Crippen molar-refractivity contribution in [1.82, 2.24) is 0 Å². The average Bonchev–Trinajstić information content (AvgIpc) is 2.54. The summed E-state index contributed by atoms with van der Waals surface area (Å²) in [5, 5.41) is 2.72. The Kier molecular flexibility index (Phi) is 5.99. The smallest absolute Gasteiger partial charge is 0.338 e. The molecule has 0 aliphatic rings. The zero-order chi connectivity index (χ0) is 17.7. The lowest BCUT2D eigenvalue weighted by molar-refractivity contribution is -0.119. The number of amides is 1. The molecule has 0 unspecified atom stereocenters. The highest BCUT2D eigenvalue weighted by Gasteiger charge is 2.15. The number of anilines is 1. The summed E-state index contributed by atoms with van der Waals surface area (Å²) in [5.74, 6) is -0.868. The summed E-state index contributed by atoms with van der Waals surface area (Å²) in [6, 6.07) is 14.7. The van der Waals surface area contributed by atoms with E-state index < -0.39 is 5.97 Å². The van der Waals surface area contributed by atoms with Crippen LogP contribution in [0.4, 0.5) is 5.69 Å². The highest BCUT2D eigenvalue weighted by Crippen LogP contribution is 2.22. The maximum atomic E-state index is 12.0.